The summed E-state index contributed by atoms with van der Waals surface area (Å²) in [7, 11) is 7.88. The Bertz CT molecular complexity index is 876. The van der Waals surface area contributed by atoms with E-state index in [9.17, 15) is 0 Å². The number of rotatable bonds is 8. The number of piperazine rings is 1. The smallest absolute Gasteiger partial charge is 0.227 e. The maximum atomic E-state index is 6.15. The molecule has 2 aliphatic rings. The number of hydrogen-bond acceptors (Lipinski definition) is 8. The number of ether oxygens (including phenoxy) is 2. The van der Waals surface area contributed by atoms with Gasteiger partial charge in [0.1, 0.15) is 5.82 Å². The van der Waals surface area contributed by atoms with Gasteiger partial charge < -0.3 is 29.1 Å². The highest BCUT2D eigenvalue weighted by molar-refractivity contribution is 5.93. The van der Waals surface area contributed by atoms with Crippen molar-refractivity contribution in [2.75, 3.05) is 90.5 Å². The lowest BCUT2D eigenvalue weighted by Gasteiger charge is -2.33. The van der Waals surface area contributed by atoms with E-state index in [1.165, 1.54) is 25.9 Å². The zero-order valence-electron chi connectivity index (χ0n) is 19.4. The second-order valence-corrected chi connectivity index (χ2v) is 8.80. The monoisotopic (exact) mass is 428 g/mol. The van der Waals surface area contributed by atoms with Crippen LogP contribution in [0, 0.1) is 0 Å². The Morgan fingerprint density at radius 2 is 1.71 bits per heavy atom. The van der Waals surface area contributed by atoms with Gasteiger partial charge in [0.05, 0.1) is 19.2 Å². The molecule has 2 fully saturated rings. The lowest BCUT2D eigenvalue weighted by Crippen LogP contribution is -2.45. The maximum absolute atomic E-state index is 6.15. The number of anilines is 2. The SMILES string of the molecule is COc1cc2c(N(C)C)nc(N3CCN(C)CC3)nc2cc1OCCCN1CCCC1. The van der Waals surface area contributed by atoms with Gasteiger partial charge in [-0.25, -0.2) is 4.98 Å². The molecule has 2 aromatic rings. The number of aromatic nitrogens is 2. The van der Waals surface area contributed by atoms with E-state index < -0.39 is 0 Å². The lowest BCUT2D eigenvalue weighted by molar-refractivity contribution is 0.254. The quantitative estimate of drug-likeness (QED) is 0.594. The molecule has 8 nitrogen and oxygen atoms in total. The van der Waals surface area contributed by atoms with E-state index in [4.69, 9.17) is 19.4 Å². The Morgan fingerprint density at radius 3 is 2.39 bits per heavy atom. The van der Waals surface area contributed by atoms with E-state index in [1.807, 2.05) is 31.1 Å². The summed E-state index contributed by atoms with van der Waals surface area (Å²) in [6.45, 7) is 8.12. The van der Waals surface area contributed by atoms with Crippen molar-refractivity contribution in [3.63, 3.8) is 0 Å². The molecule has 2 saturated heterocycles. The molecular weight excluding hydrogens is 392 g/mol. The van der Waals surface area contributed by atoms with Gasteiger partial charge in [0.2, 0.25) is 5.95 Å². The van der Waals surface area contributed by atoms with Gasteiger partial charge in [0.15, 0.2) is 11.5 Å². The van der Waals surface area contributed by atoms with Gasteiger partial charge in [0, 0.05) is 58.3 Å². The third-order valence-corrected chi connectivity index (χ3v) is 6.23. The summed E-state index contributed by atoms with van der Waals surface area (Å²) in [6.07, 6.45) is 3.66. The highest BCUT2D eigenvalue weighted by Gasteiger charge is 2.21. The maximum Gasteiger partial charge on any atom is 0.227 e. The van der Waals surface area contributed by atoms with Crippen molar-refractivity contribution in [3.8, 4) is 11.5 Å². The number of likely N-dealkylation sites (N-methyl/N-ethyl adjacent to an activating group) is 1. The fraction of sp³-hybridized carbons (Fsp3) is 0.652. The highest BCUT2D eigenvalue weighted by atomic mass is 16.5. The van der Waals surface area contributed by atoms with Gasteiger partial charge in [0.25, 0.3) is 0 Å². The van der Waals surface area contributed by atoms with Crippen LogP contribution in [0.1, 0.15) is 19.3 Å². The van der Waals surface area contributed by atoms with Crippen LogP contribution in [0.2, 0.25) is 0 Å². The van der Waals surface area contributed by atoms with Crippen molar-refractivity contribution in [1.82, 2.24) is 19.8 Å². The fourth-order valence-corrected chi connectivity index (χ4v) is 4.35. The first-order chi connectivity index (χ1) is 15.0. The van der Waals surface area contributed by atoms with Gasteiger partial charge in [-0.1, -0.05) is 0 Å². The summed E-state index contributed by atoms with van der Waals surface area (Å²) in [6, 6.07) is 4.02. The molecule has 0 N–H and O–H groups in total. The highest BCUT2D eigenvalue weighted by Crippen LogP contribution is 2.36. The summed E-state index contributed by atoms with van der Waals surface area (Å²) in [4.78, 5) is 19.0. The normalized spacial score (nSPS) is 18.0. The van der Waals surface area contributed by atoms with Gasteiger partial charge in [-0.05, 0) is 45.5 Å². The van der Waals surface area contributed by atoms with Crippen LogP contribution in [0.5, 0.6) is 11.5 Å². The summed E-state index contributed by atoms with van der Waals surface area (Å²) < 4.78 is 11.8. The minimum absolute atomic E-state index is 0.676. The standard InChI is InChI=1S/C23H36N6O2/c1-26(2)22-18-16-20(30-4)21(31-15-7-10-28-8-5-6-9-28)17-19(18)24-23(25-22)29-13-11-27(3)12-14-29/h16-17H,5-15H2,1-4H3. The van der Waals surface area contributed by atoms with E-state index in [2.05, 4.69) is 21.7 Å². The van der Waals surface area contributed by atoms with Crippen LogP contribution in [0.15, 0.2) is 12.1 Å². The molecule has 1 aromatic heterocycles. The first kappa shape index (κ1) is 21.9. The largest absolute Gasteiger partial charge is 0.493 e. The fourth-order valence-electron chi connectivity index (χ4n) is 4.35. The lowest BCUT2D eigenvalue weighted by atomic mass is 10.2. The third kappa shape index (κ3) is 5.13. The first-order valence-electron chi connectivity index (χ1n) is 11.4. The van der Waals surface area contributed by atoms with Crippen LogP contribution in [-0.2, 0) is 0 Å². The van der Waals surface area contributed by atoms with Crippen LogP contribution < -0.4 is 19.3 Å². The van der Waals surface area contributed by atoms with Crippen molar-refractivity contribution in [2.24, 2.45) is 0 Å². The molecule has 0 atom stereocenters. The Morgan fingerprint density at radius 1 is 0.968 bits per heavy atom. The van der Waals surface area contributed by atoms with Crippen LogP contribution in [0.25, 0.3) is 10.9 Å². The van der Waals surface area contributed by atoms with Gasteiger partial charge >= 0.3 is 0 Å². The summed E-state index contributed by atoms with van der Waals surface area (Å²) in [5, 5.41) is 0.976. The predicted molar refractivity (Wildman–Crippen MR) is 126 cm³/mol. The molecule has 0 bridgehead atoms. The Balaban J connectivity index is 1.57. The number of fused-ring (bicyclic) bond motifs is 1. The minimum Gasteiger partial charge on any atom is -0.493 e. The molecule has 2 aliphatic heterocycles. The minimum atomic E-state index is 0.676. The van der Waals surface area contributed by atoms with Gasteiger partial charge in [-0.2, -0.15) is 4.98 Å². The van der Waals surface area contributed by atoms with E-state index in [-0.39, 0.29) is 0 Å². The summed E-state index contributed by atoms with van der Waals surface area (Å²) in [5.41, 5.74) is 0.892. The molecular formula is C23H36N6O2. The first-order valence-corrected chi connectivity index (χ1v) is 11.4. The zero-order chi connectivity index (χ0) is 21.8. The molecule has 0 aliphatic carbocycles. The van der Waals surface area contributed by atoms with Crippen molar-refractivity contribution < 1.29 is 9.47 Å². The van der Waals surface area contributed by atoms with Crippen molar-refractivity contribution in [2.45, 2.75) is 19.3 Å². The number of hydrogen-bond donors (Lipinski definition) is 0. The summed E-state index contributed by atoms with van der Waals surface area (Å²) >= 11 is 0. The molecule has 0 spiro atoms. The average molecular weight is 429 g/mol. The van der Waals surface area contributed by atoms with Crippen molar-refractivity contribution >= 4 is 22.7 Å². The third-order valence-electron chi connectivity index (χ3n) is 6.23. The van der Waals surface area contributed by atoms with Crippen LogP contribution in [0.4, 0.5) is 11.8 Å². The Labute approximate surface area is 185 Å². The molecule has 31 heavy (non-hydrogen) atoms. The predicted octanol–water partition coefficient (Wildman–Crippen LogP) is 2.32. The topological polar surface area (TPSA) is 57.2 Å². The zero-order valence-corrected chi connectivity index (χ0v) is 19.4. The van der Waals surface area contributed by atoms with E-state index >= 15 is 0 Å². The van der Waals surface area contributed by atoms with Gasteiger partial charge in [-0.3, -0.25) is 0 Å². The van der Waals surface area contributed by atoms with Crippen molar-refractivity contribution in [1.29, 1.82) is 0 Å². The van der Waals surface area contributed by atoms with Crippen LogP contribution in [0.3, 0.4) is 0 Å². The second-order valence-electron chi connectivity index (χ2n) is 8.80. The van der Waals surface area contributed by atoms with Crippen LogP contribution >= 0.6 is 0 Å². The van der Waals surface area contributed by atoms with Crippen molar-refractivity contribution in [3.05, 3.63) is 12.1 Å². The molecule has 170 valence electrons. The molecule has 0 saturated carbocycles. The Hall–Kier alpha value is -2.32. The molecule has 8 heteroatoms. The average Bonchev–Trinajstić information content (AvgIpc) is 3.29. The van der Waals surface area contributed by atoms with Crippen LogP contribution in [-0.4, -0.2) is 100 Å². The van der Waals surface area contributed by atoms with Gasteiger partial charge in [-0.15, -0.1) is 0 Å². The number of nitrogens with zero attached hydrogens (tertiary/aromatic N) is 6. The number of methoxy groups -OCH3 is 1. The molecule has 1 aromatic carbocycles. The van der Waals surface area contributed by atoms with E-state index in [1.54, 1.807) is 7.11 Å². The molecule has 0 radical (unpaired) electrons. The van der Waals surface area contributed by atoms with E-state index in [0.717, 1.165) is 73.3 Å². The molecule has 4 rings (SSSR count). The number of likely N-dealkylation sites (tertiary alicyclic amines) is 1. The number of benzene rings is 1. The summed E-state index contributed by atoms with van der Waals surface area (Å²) in [5.74, 6) is 3.17. The molecule has 0 amide bonds. The Kier molecular flexibility index (Phi) is 6.97. The molecule has 3 heterocycles. The van der Waals surface area contributed by atoms with E-state index in [0.29, 0.717) is 6.61 Å². The second kappa shape index (κ2) is 9.87. The molecule has 0 unspecified atom stereocenters.